The summed E-state index contributed by atoms with van der Waals surface area (Å²) in [6.45, 7) is 0. The van der Waals surface area contributed by atoms with Crippen molar-refractivity contribution in [2.24, 2.45) is 0 Å². The summed E-state index contributed by atoms with van der Waals surface area (Å²) in [5, 5.41) is 0. The third kappa shape index (κ3) is 6.01. The second-order valence-corrected chi connectivity index (χ2v) is 11.4. The zero-order valence-electron chi connectivity index (χ0n) is 21.2. The molecule has 0 spiro atoms. The fourth-order valence-electron chi connectivity index (χ4n) is 4.41. The van der Waals surface area contributed by atoms with Gasteiger partial charge in [0, 0.05) is 41.8 Å². The highest BCUT2D eigenvalue weighted by molar-refractivity contribution is 7.80. The number of thiol groups is 4. The van der Waals surface area contributed by atoms with Gasteiger partial charge in [-0.3, -0.25) is 0 Å². The Kier molecular flexibility index (Phi) is 7.76. The van der Waals surface area contributed by atoms with Crippen LogP contribution in [0.15, 0.2) is 152 Å². The van der Waals surface area contributed by atoms with Crippen LogP contribution in [0.5, 0.6) is 0 Å². The normalized spacial score (nSPS) is 14.9. The van der Waals surface area contributed by atoms with E-state index in [9.17, 15) is 0 Å². The second-order valence-electron chi connectivity index (χ2n) is 9.34. The molecule has 6 rings (SSSR count). The van der Waals surface area contributed by atoms with E-state index in [0.717, 1.165) is 76.0 Å². The van der Waals surface area contributed by atoms with Gasteiger partial charge in [0.05, 0.1) is 0 Å². The molecule has 2 aliphatic rings. The lowest BCUT2D eigenvalue weighted by atomic mass is 9.96. The molecule has 0 fully saturated rings. The molecule has 0 bridgehead atoms. The van der Waals surface area contributed by atoms with Crippen molar-refractivity contribution in [1.82, 2.24) is 0 Å². The molecule has 0 aliphatic carbocycles. The molecule has 0 unspecified atom stereocenters. The fraction of sp³-hybridized carbons (Fsp3) is 0. The van der Waals surface area contributed by atoms with Crippen molar-refractivity contribution in [1.29, 1.82) is 0 Å². The van der Waals surface area contributed by atoms with Crippen LogP contribution < -0.4 is 0 Å². The highest BCUT2D eigenvalue weighted by atomic mass is 32.1. The van der Waals surface area contributed by atoms with E-state index in [-0.39, 0.29) is 0 Å². The van der Waals surface area contributed by atoms with Crippen LogP contribution in [-0.4, -0.2) is 0 Å². The Bertz CT molecular complexity index is 1470. The van der Waals surface area contributed by atoms with E-state index in [1.54, 1.807) is 0 Å². The zero-order valence-corrected chi connectivity index (χ0v) is 24.7. The highest BCUT2D eigenvalue weighted by Gasteiger charge is 2.21. The number of ether oxygens (including phenoxy) is 2. The van der Waals surface area contributed by atoms with Gasteiger partial charge in [-0.05, 0) is 84.0 Å². The molecule has 0 amide bonds. The molecule has 2 nitrogen and oxygen atoms in total. The van der Waals surface area contributed by atoms with Crippen molar-refractivity contribution in [3.8, 4) is 0 Å². The van der Waals surface area contributed by atoms with E-state index in [0.29, 0.717) is 0 Å². The molecule has 2 heterocycles. The lowest BCUT2D eigenvalue weighted by Crippen LogP contribution is -2.04. The lowest BCUT2D eigenvalue weighted by Gasteiger charge is -2.23. The molecular formula is C34H24O2S4. The van der Waals surface area contributed by atoms with Gasteiger partial charge in [0.15, 0.2) is 0 Å². The largest absolute Gasteiger partial charge is 0.456 e. The smallest absolute Gasteiger partial charge is 0.135 e. The molecule has 0 saturated heterocycles. The third-order valence-corrected chi connectivity index (χ3v) is 7.72. The number of hydrogen-bond donors (Lipinski definition) is 4. The monoisotopic (exact) mass is 592 g/mol. The Hall–Kier alpha value is -3.42. The molecule has 0 aromatic heterocycles. The van der Waals surface area contributed by atoms with Gasteiger partial charge in [0.25, 0.3) is 0 Å². The number of benzene rings is 4. The summed E-state index contributed by atoms with van der Waals surface area (Å²) in [7, 11) is 0. The average Bonchev–Trinajstić information content (AvgIpc) is 2.98. The second kappa shape index (κ2) is 11.6. The topological polar surface area (TPSA) is 18.5 Å². The lowest BCUT2D eigenvalue weighted by molar-refractivity contribution is 0.464. The molecule has 0 N–H and O–H groups in total. The maximum absolute atomic E-state index is 6.46. The van der Waals surface area contributed by atoms with Crippen LogP contribution in [0.2, 0.25) is 0 Å². The minimum atomic E-state index is 0.749. The van der Waals surface area contributed by atoms with Crippen LogP contribution in [0.4, 0.5) is 0 Å². The molecule has 0 atom stereocenters. The minimum absolute atomic E-state index is 0.749. The number of allylic oxidation sites excluding steroid dienone is 6. The maximum atomic E-state index is 6.46. The minimum Gasteiger partial charge on any atom is -0.456 e. The quantitative estimate of drug-likeness (QED) is 0.177. The van der Waals surface area contributed by atoms with E-state index < -0.39 is 0 Å². The molecule has 196 valence electrons. The summed E-state index contributed by atoms with van der Waals surface area (Å²) in [5.74, 6) is 2.99. The molecule has 0 saturated carbocycles. The molecule has 4 aromatic rings. The van der Waals surface area contributed by atoms with Crippen LogP contribution in [0.3, 0.4) is 0 Å². The van der Waals surface area contributed by atoms with Gasteiger partial charge in [-0.25, -0.2) is 0 Å². The van der Waals surface area contributed by atoms with Gasteiger partial charge in [0.2, 0.25) is 0 Å². The third-order valence-electron chi connectivity index (χ3n) is 6.53. The van der Waals surface area contributed by atoms with E-state index >= 15 is 0 Å². The Labute approximate surface area is 256 Å². The van der Waals surface area contributed by atoms with Crippen molar-refractivity contribution in [3.05, 3.63) is 155 Å². The van der Waals surface area contributed by atoms with E-state index in [4.69, 9.17) is 9.47 Å². The van der Waals surface area contributed by atoms with Crippen LogP contribution in [0, 0.1) is 0 Å². The fourth-order valence-corrected chi connectivity index (χ4v) is 5.00. The summed E-state index contributed by atoms with van der Waals surface area (Å²) in [6, 6.07) is 31.8. The number of hydrogen-bond acceptors (Lipinski definition) is 6. The van der Waals surface area contributed by atoms with Crippen molar-refractivity contribution in [2.45, 2.75) is 19.6 Å². The Morgan fingerprint density at radius 2 is 0.500 bits per heavy atom. The van der Waals surface area contributed by atoms with Crippen molar-refractivity contribution in [2.75, 3.05) is 0 Å². The Morgan fingerprint density at radius 3 is 0.700 bits per heavy atom. The van der Waals surface area contributed by atoms with Crippen molar-refractivity contribution in [3.63, 3.8) is 0 Å². The van der Waals surface area contributed by atoms with E-state index in [1.165, 1.54) is 0 Å². The van der Waals surface area contributed by atoms with Crippen LogP contribution in [0.25, 0.3) is 23.0 Å². The first-order chi connectivity index (χ1) is 19.4. The summed E-state index contributed by atoms with van der Waals surface area (Å²) in [6.07, 6.45) is 8.28. The standard InChI is InChI=1S/C34H24O2S4/c37-27-9-1-21(2-10-27)31-17-25(18-32(35-31)22-3-11-28(38)12-4-22)26-19-33(23-5-13-29(39)14-6-23)36-34(20-26)24-7-15-30(40)16-8-24/h1-20,37-40H. The molecular weight excluding hydrogens is 569 g/mol. The predicted molar refractivity (Wildman–Crippen MR) is 176 cm³/mol. The predicted octanol–water partition coefficient (Wildman–Crippen LogP) is 9.66. The number of rotatable bonds is 4. The Morgan fingerprint density at radius 1 is 0.300 bits per heavy atom. The highest BCUT2D eigenvalue weighted by Crippen LogP contribution is 2.38. The first kappa shape index (κ1) is 26.8. The van der Waals surface area contributed by atoms with Crippen molar-refractivity contribution >= 4 is 73.6 Å². The first-order valence-corrected chi connectivity index (χ1v) is 14.3. The van der Waals surface area contributed by atoms with Gasteiger partial charge in [-0.2, -0.15) is 0 Å². The maximum Gasteiger partial charge on any atom is 0.135 e. The molecule has 0 radical (unpaired) electrons. The molecule has 4 aromatic carbocycles. The summed E-state index contributed by atoms with van der Waals surface area (Å²) >= 11 is 17.8. The van der Waals surface area contributed by atoms with Crippen LogP contribution in [-0.2, 0) is 9.47 Å². The van der Waals surface area contributed by atoms with Crippen molar-refractivity contribution < 1.29 is 9.47 Å². The van der Waals surface area contributed by atoms with Gasteiger partial charge >= 0.3 is 0 Å². The SMILES string of the molecule is Sc1ccc(C2=CC(=C3C=C(c4ccc(S)cc4)OC(c4ccc(S)cc4)=C3)C=C(c3ccc(S)cc3)O2)cc1. The van der Waals surface area contributed by atoms with Gasteiger partial charge < -0.3 is 9.47 Å². The molecule has 6 heteroatoms. The van der Waals surface area contributed by atoms with Gasteiger partial charge in [-0.1, -0.05) is 48.5 Å². The van der Waals surface area contributed by atoms with Gasteiger partial charge in [-0.15, -0.1) is 50.5 Å². The summed E-state index contributed by atoms with van der Waals surface area (Å²) in [5.41, 5.74) is 5.83. The Balaban J connectivity index is 1.54. The zero-order chi connectivity index (χ0) is 27.6. The summed E-state index contributed by atoms with van der Waals surface area (Å²) in [4.78, 5) is 3.57. The summed E-state index contributed by atoms with van der Waals surface area (Å²) < 4.78 is 12.9. The average molecular weight is 593 g/mol. The molecule has 40 heavy (non-hydrogen) atoms. The van der Waals surface area contributed by atoms with Crippen LogP contribution in [0.1, 0.15) is 22.3 Å². The van der Waals surface area contributed by atoms with E-state index in [1.807, 2.05) is 97.1 Å². The van der Waals surface area contributed by atoms with Gasteiger partial charge in [0.1, 0.15) is 23.0 Å². The molecule has 2 aliphatic heterocycles. The van der Waals surface area contributed by atoms with Crippen LogP contribution >= 0.6 is 50.5 Å². The van der Waals surface area contributed by atoms with E-state index in [2.05, 4.69) is 74.8 Å². The first-order valence-electron chi connectivity index (χ1n) is 12.6.